The minimum absolute atomic E-state index is 0.0220. The quantitative estimate of drug-likeness (QED) is 0.0614. The van der Waals surface area contributed by atoms with E-state index in [0.29, 0.717) is 45.4 Å². The Morgan fingerprint density at radius 1 is 0.596 bits per heavy atom. The molecule has 0 saturated heterocycles. The lowest BCUT2D eigenvalue weighted by molar-refractivity contribution is -0.134. The van der Waals surface area contributed by atoms with Crippen molar-refractivity contribution in [3.05, 3.63) is 0 Å². The highest BCUT2D eigenvalue weighted by atomic mass is 28.4. The van der Waals surface area contributed by atoms with E-state index in [1.165, 1.54) is 0 Å². The summed E-state index contributed by atoms with van der Waals surface area (Å²) in [6.45, 7) is 39.8. The van der Waals surface area contributed by atoms with Gasteiger partial charge in [-0.25, -0.2) is 14.4 Å². The highest BCUT2D eigenvalue weighted by Crippen LogP contribution is 2.38. The van der Waals surface area contributed by atoms with Gasteiger partial charge < -0.3 is 49.2 Å². The Kier molecular flexibility index (Phi) is 21.3. The Morgan fingerprint density at radius 3 is 1.47 bits per heavy atom. The maximum absolute atomic E-state index is 14.3. The molecule has 336 valence electrons. The molecule has 0 aliphatic heterocycles. The van der Waals surface area contributed by atoms with Crippen LogP contribution in [0.5, 0.6) is 0 Å². The third-order valence-corrected chi connectivity index (χ3v) is 19.0. The molecule has 0 radical (unpaired) electrons. The number of hydrogen-bond acceptors (Lipinski definition) is 10. The van der Waals surface area contributed by atoms with Crippen LogP contribution < -0.4 is 16.4 Å². The van der Waals surface area contributed by atoms with E-state index in [9.17, 15) is 19.2 Å². The van der Waals surface area contributed by atoms with Crippen LogP contribution in [0.4, 0.5) is 14.4 Å². The molecule has 1 unspecified atom stereocenters. The molecular formula is C41H85N5O9Si2. The summed E-state index contributed by atoms with van der Waals surface area (Å²) in [6, 6.07) is -0.797. The third kappa shape index (κ3) is 23.7. The minimum atomic E-state index is -2.45. The van der Waals surface area contributed by atoms with Crippen molar-refractivity contribution in [2.75, 3.05) is 45.9 Å². The summed E-state index contributed by atoms with van der Waals surface area (Å²) in [5.74, 6) is -0.233. The van der Waals surface area contributed by atoms with Crippen molar-refractivity contribution in [3.63, 3.8) is 0 Å². The second-order valence-corrected chi connectivity index (χ2v) is 30.7. The fourth-order valence-corrected chi connectivity index (χ4v) is 7.22. The van der Waals surface area contributed by atoms with Gasteiger partial charge >= 0.3 is 18.3 Å². The Bertz CT molecular complexity index is 1260. The maximum Gasteiger partial charge on any atom is 0.410 e. The first kappa shape index (κ1) is 54.6. The number of nitrogens with two attached hydrogens (primary N) is 1. The predicted octanol–water partition coefficient (Wildman–Crippen LogP) is 8.40. The van der Waals surface area contributed by atoms with Gasteiger partial charge in [-0.15, -0.1) is 0 Å². The summed E-state index contributed by atoms with van der Waals surface area (Å²) in [4.78, 5) is 55.8. The molecule has 0 spiro atoms. The lowest BCUT2D eigenvalue weighted by Crippen LogP contribution is -2.55. The summed E-state index contributed by atoms with van der Waals surface area (Å²) in [5.41, 5.74) is 4.63. The van der Waals surface area contributed by atoms with Crippen molar-refractivity contribution >= 4 is 40.8 Å². The van der Waals surface area contributed by atoms with Gasteiger partial charge in [0.05, 0.1) is 25.3 Å². The zero-order valence-electron chi connectivity index (χ0n) is 39.6. The minimum Gasteiger partial charge on any atom is -0.444 e. The van der Waals surface area contributed by atoms with Gasteiger partial charge in [0.1, 0.15) is 16.8 Å². The van der Waals surface area contributed by atoms with Crippen molar-refractivity contribution in [2.24, 2.45) is 5.73 Å². The van der Waals surface area contributed by atoms with Gasteiger partial charge in [0.2, 0.25) is 5.91 Å². The van der Waals surface area contributed by atoms with Gasteiger partial charge in [-0.05, 0) is 124 Å². The Morgan fingerprint density at radius 2 is 1.04 bits per heavy atom. The highest BCUT2D eigenvalue weighted by Gasteiger charge is 2.41. The number of nitrogens with zero attached hydrogens (tertiary/aromatic N) is 2. The van der Waals surface area contributed by atoms with Crippen LogP contribution in [0.1, 0.15) is 130 Å². The molecule has 0 aromatic carbocycles. The van der Waals surface area contributed by atoms with E-state index in [1.807, 2.05) is 41.5 Å². The summed E-state index contributed by atoms with van der Waals surface area (Å²) in [7, 11) is -4.59. The third-order valence-electron chi connectivity index (χ3n) is 9.91. The topological polar surface area (TPSA) is 171 Å². The fraction of sp³-hybridized carbons (Fsp3) is 0.902. The van der Waals surface area contributed by atoms with Gasteiger partial charge in [0.15, 0.2) is 16.6 Å². The van der Waals surface area contributed by atoms with Crippen molar-refractivity contribution in [1.82, 2.24) is 20.4 Å². The SMILES string of the molecule is CC(C)(C)OC(=O)NCCCC[C@H](N)C(=O)N(CCO[Si](C)(C)C(C)(C)C)CC(CN(CCCNC(=O)OC(C)(C)C)C(=O)OC(C)(C)C)O[Si](C)(C)C(C)(C)C. The Labute approximate surface area is 349 Å². The van der Waals surface area contributed by atoms with Crippen LogP contribution in [0.15, 0.2) is 0 Å². The van der Waals surface area contributed by atoms with Crippen molar-refractivity contribution in [3.8, 4) is 0 Å². The summed E-state index contributed by atoms with van der Waals surface area (Å²) < 4.78 is 30.1. The first-order chi connectivity index (χ1) is 25.5. The second kappa shape index (κ2) is 22.3. The van der Waals surface area contributed by atoms with Crippen LogP contribution in [0.2, 0.25) is 36.3 Å². The van der Waals surface area contributed by atoms with Crippen molar-refractivity contribution in [2.45, 2.75) is 195 Å². The molecule has 4 N–H and O–H groups in total. The largest absolute Gasteiger partial charge is 0.444 e. The highest BCUT2D eigenvalue weighted by molar-refractivity contribution is 6.74. The number of carbonyl (C=O) groups excluding carboxylic acids is 4. The maximum atomic E-state index is 14.3. The molecule has 0 aromatic heterocycles. The number of alkyl carbamates (subject to hydrolysis) is 2. The van der Waals surface area contributed by atoms with Gasteiger partial charge in [0.25, 0.3) is 0 Å². The molecule has 0 bridgehead atoms. The first-order valence-electron chi connectivity index (χ1n) is 20.7. The fourth-order valence-electron chi connectivity index (χ4n) is 4.85. The first-order valence-corrected chi connectivity index (χ1v) is 26.6. The van der Waals surface area contributed by atoms with E-state index >= 15 is 0 Å². The van der Waals surface area contributed by atoms with Crippen molar-refractivity contribution in [1.29, 1.82) is 0 Å². The van der Waals surface area contributed by atoms with E-state index in [0.717, 1.165) is 0 Å². The number of hydrogen-bond donors (Lipinski definition) is 3. The number of nitrogens with one attached hydrogen (secondary N) is 2. The van der Waals surface area contributed by atoms with Gasteiger partial charge in [-0.2, -0.15) is 0 Å². The molecule has 0 aromatic rings. The van der Waals surface area contributed by atoms with E-state index in [-0.39, 0.29) is 42.2 Å². The van der Waals surface area contributed by atoms with E-state index < -0.39 is 63.9 Å². The van der Waals surface area contributed by atoms with Crippen LogP contribution >= 0.6 is 0 Å². The molecule has 0 rings (SSSR count). The number of unbranched alkanes of at least 4 members (excludes halogenated alkanes) is 1. The van der Waals surface area contributed by atoms with Crippen LogP contribution in [-0.2, 0) is 27.9 Å². The number of carbonyl (C=O) groups is 4. The standard InChI is InChI=1S/C41H85N5O9Si2/c1-37(2,3)52-34(48)43-24-21-20-23-32(42)33(47)45(27-28-51-56(16,17)40(10,11)12)29-31(55-57(18,19)41(13,14)15)30-46(36(50)54-39(7,8)9)26-22-25-44-35(49)53-38(4,5)6/h31-32H,20-30,42H2,1-19H3,(H,43,48)(H,44,49)/t31?,32-/m0/s1. The molecular weight excluding hydrogens is 763 g/mol. The molecule has 14 nitrogen and oxygen atoms in total. The Balaban J connectivity index is 6.49. The molecule has 0 fully saturated rings. The number of rotatable bonds is 20. The van der Waals surface area contributed by atoms with Gasteiger partial charge in [0, 0.05) is 32.7 Å². The lowest BCUT2D eigenvalue weighted by atomic mass is 10.1. The van der Waals surface area contributed by atoms with Crippen LogP contribution in [0.3, 0.4) is 0 Å². The van der Waals surface area contributed by atoms with Crippen LogP contribution in [0.25, 0.3) is 0 Å². The van der Waals surface area contributed by atoms with Crippen molar-refractivity contribution < 1.29 is 42.2 Å². The average Bonchev–Trinajstić information content (AvgIpc) is 2.97. The Hall–Kier alpha value is -2.41. The van der Waals surface area contributed by atoms with Crippen LogP contribution in [0, 0.1) is 0 Å². The number of ether oxygens (including phenoxy) is 3. The second-order valence-electron chi connectivity index (χ2n) is 21.1. The zero-order chi connectivity index (χ0) is 44.8. The van der Waals surface area contributed by atoms with Gasteiger partial charge in [-0.1, -0.05) is 41.5 Å². The molecule has 4 amide bonds. The molecule has 0 aliphatic rings. The summed E-state index contributed by atoms with van der Waals surface area (Å²) in [6.07, 6.45) is -0.0275. The van der Waals surface area contributed by atoms with E-state index in [1.54, 1.807) is 30.6 Å². The molecule has 2 atom stereocenters. The zero-order valence-corrected chi connectivity index (χ0v) is 41.6. The monoisotopic (exact) mass is 848 g/mol. The molecule has 0 saturated carbocycles. The number of amides is 4. The molecule has 16 heteroatoms. The van der Waals surface area contributed by atoms with E-state index in [2.05, 4.69) is 78.4 Å². The normalized spacial score (nSPS) is 14.3. The predicted molar refractivity (Wildman–Crippen MR) is 235 cm³/mol. The molecule has 0 heterocycles. The van der Waals surface area contributed by atoms with Gasteiger partial charge in [-0.3, -0.25) is 4.79 Å². The average molecular weight is 848 g/mol. The van der Waals surface area contributed by atoms with E-state index in [4.69, 9.17) is 28.8 Å². The summed E-state index contributed by atoms with van der Waals surface area (Å²) >= 11 is 0. The smallest absolute Gasteiger partial charge is 0.410 e. The summed E-state index contributed by atoms with van der Waals surface area (Å²) in [5, 5.41) is 5.34. The molecule has 0 aliphatic carbocycles. The lowest BCUT2D eigenvalue weighted by Gasteiger charge is -2.42. The van der Waals surface area contributed by atoms with Crippen LogP contribution in [-0.4, -0.2) is 125 Å². The molecule has 57 heavy (non-hydrogen) atoms.